The first kappa shape index (κ1) is 13.1. The number of aromatic nitrogens is 1. The minimum Gasteiger partial charge on any atom is -0.473 e. The van der Waals surface area contributed by atoms with Gasteiger partial charge in [-0.05, 0) is 36.2 Å². The van der Waals surface area contributed by atoms with Crippen molar-refractivity contribution >= 4 is 15.9 Å². The monoisotopic (exact) mass is 307 g/mol. The Morgan fingerprint density at radius 2 is 2.11 bits per heavy atom. The van der Waals surface area contributed by atoms with Crippen molar-refractivity contribution in [2.45, 2.75) is 20.1 Å². The molecule has 2 aromatic rings. The number of pyridine rings is 1. The molecule has 1 heterocycles. The molecule has 0 radical (unpaired) electrons. The summed E-state index contributed by atoms with van der Waals surface area (Å²) in [6.45, 7) is 2.34. The SMILES string of the molecule is Cc1nc(OCc2cccc(Br)c2)ccc1CO. The second-order valence-corrected chi connectivity index (χ2v) is 4.89. The predicted molar refractivity (Wildman–Crippen MR) is 73.4 cm³/mol. The van der Waals surface area contributed by atoms with Gasteiger partial charge in [0.15, 0.2) is 0 Å². The molecule has 0 aliphatic carbocycles. The van der Waals surface area contributed by atoms with E-state index in [1.54, 1.807) is 6.07 Å². The molecule has 18 heavy (non-hydrogen) atoms. The van der Waals surface area contributed by atoms with Crippen molar-refractivity contribution < 1.29 is 9.84 Å². The van der Waals surface area contributed by atoms with E-state index in [4.69, 9.17) is 9.84 Å². The summed E-state index contributed by atoms with van der Waals surface area (Å²) in [5, 5.41) is 9.06. The molecule has 4 heteroatoms. The van der Waals surface area contributed by atoms with Crippen LogP contribution in [0.5, 0.6) is 5.88 Å². The van der Waals surface area contributed by atoms with Crippen LogP contribution in [0.4, 0.5) is 0 Å². The highest BCUT2D eigenvalue weighted by atomic mass is 79.9. The lowest BCUT2D eigenvalue weighted by molar-refractivity contribution is 0.276. The highest BCUT2D eigenvalue weighted by Crippen LogP contribution is 2.16. The van der Waals surface area contributed by atoms with E-state index >= 15 is 0 Å². The zero-order valence-corrected chi connectivity index (χ0v) is 11.6. The standard InChI is InChI=1S/C14H14BrNO2/c1-10-12(8-17)5-6-14(16-10)18-9-11-3-2-4-13(15)7-11/h2-7,17H,8-9H2,1H3. The summed E-state index contributed by atoms with van der Waals surface area (Å²) < 4.78 is 6.64. The first-order valence-corrected chi connectivity index (χ1v) is 6.43. The van der Waals surface area contributed by atoms with Crippen molar-refractivity contribution in [3.05, 3.63) is 57.7 Å². The Labute approximate surface area is 115 Å². The molecule has 0 saturated heterocycles. The van der Waals surface area contributed by atoms with Crippen LogP contribution in [0.1, 0.15) is 16.8 Å². The maximum absolute atomic E-state index is 9.06. The van der Waals surface area contributed by atoms with Gasteiger partial charge in [0.1, 0.15) is 6.61 Å². The number of nitrogens with zero attached hydrogens (tertiary/aromatic N) is 1. The van der Waals surface area contributed by atoms with E-state index in [0.717, 1.165) is 21.3 Å². The van der Waals surface area contributed by atoms with Gasteiger partial charge in [0.2, 0.25) is 5.88 Å². The van der Waals surface area contributed by atoms with Crippen LogP contribution < -0.4 is 4.74 Å². The summed E-state index contributed by atoms with van der Waals surface area (Å²) in [6.07, 6.45) is 0. The van der Waals surface area contributed by atoms with E-state index < -0.39 is 0 Å². The summed E-state index contributed by atoms with van der Waals surface area (Å²) in [4.78, 5) is 4.29. The number of halogens is 1. The molecule has 1 aromatic heterocycles. The lowest BCUT2D eigenvalue weighted by atomic mass is 10.2. The van der Waals surface area contributed by atoms with Crippen LogP contribution >= 0.6 is 15.9 Å². The summed E-state index contributed by atoms with van der Waals surface area (Å²) in [6, 6.07) is 11.6. The Hall–Kier alpha value is -1.39. The van der Waals surface area contributed by atoms with Crippen LogP contribution in [-0.2, 0) is 13.2 Å². The second kappa shape index (κ2) is 5.98. The molecule has 0 aliphatic heterocycles. The molecule has 0 unspecified atom stereocenters. The average molecular weight is 308 g/mol. The summed E-state index contributed by atoms with van der Waals surface area (Å²) in [5.74, 6) is 0.574. The van der Waals surface area contributed by atoms with E-state index in [9.17, 15) is 0 Å². The van der Waals surface area contributed by atoms with Gasteiger partial charge in [-0.1, -0.05) is 28.1 Å². The molecule has 1 N–H and O–H groups in total. The molecule has 94 valence electrons. The number of rotatable bonds is 4. The third-order valence-corrected chi connectivity index (χ3v) is 3.11. The van der Waals surface area contributed by atoms with Gasteiger partial charge in [-0.3, -0.25) is 0 Å². The van der Waals surface area contributed by atoms with E-state index in [1.165, 1.54) is 0 Å². The van der Waals surface area contributed by atoms with Gasteiger partial charge in [-0.2, -0.15) is 0 Å². The Balaban J connectivity index is 2.04. The highest BCUT2D eigenvalue weighted by Gasteiger charge is 2.02. The van der Waals surface area contributed by atoms with Crippen molar-refractivity contribution in [3.8, 4) is 5.88 Å². The molecule has 0 fully saturated rings. The van der Waals surface area contributed by atoms with Gasteiger partial charge in [0, 0.05) is 16.2 Å². The van der Waals surface area contributed by atoms with Gasteiger partial charge in [-0.15, -0.1) is 0 Å². The van der Waals surface area contributed by atoms with Crippen LogP contribution in [0.25, 0.3) is 0 Å². The lowest BCUT2D eigenvalue weighted by Gasteiger charge is -2.08. The van der Waals surface area contributed by atoms with Crippen LogP contribution in [-0.4, -0.2) is 10.1 Å². The third kappa shape index (κ3) is 3.31. The molecule has 0 saturated carbocycles. The quantitative estimate of drug-likeness (QED) is 0.943. The number of hydrogen-bond donors (Lipinski definition) is 1. The van der Waals surface area contributed by atoms with Gasteiger partial charge in [0.25, 0.3) is 0 Å². The van der Waals surface area contributed by atoms with Crippen molar-refractivity contribution in [2.75, 3.05) is 0 Å². The van der Waals surface area contributed by atoms with E-state index in [1.807, 2.05) is 37.3 Å². The van der Waals surface area contributed by atoms with Gasteiger partial charge in [0.05, 0.1) is 6.61 Å². The molecule has 0 spiro atoms. The van der Waals surface area contributed by atoms with Crippen molar-refractivity contribution in [1.82, 2.24) is 4.98 Å². The normalized spacial score (nSPS) is 10.4. The minimum absolute atomic E-state index is 0.00471. The van der Waals surface area contributed by atoms with Crippen LogP contribution in [0, 0.1) is 6.92 Å². The third-order valence-electron chi connectivity index (χ3n) is 2.62. The van der Waals surface area contributed by atoms with Gasteiger partial charge < -0.3 is 9.84 Å². The zero-order valence-electron chi connectivity index (χ0n) is 10.1. The number of benzene rings is 1. The zero-order chi connectivity index (χ0) is 13.0. The van der Waals surface area contributed by atoms with Crippen LogP contribution in [0.3, 0.4) is 0 Å². The molecule has 0 amide bonds. The molecule has 2 rings (SSSR count). The fourth-order valence-electron chi connectivity index (χ4n) is 1.60. The second-order valence-electron chi connectivity index (χ2n) is 3.97. The highest BCUT2D eigenvalue weighted by molar-refractivity contribution is 9.10. The number of aryl methyl sites for hydroxylation is 1. The summed E-state index contributed by atoms with van der Waals surface area (Å²) >= 11 is 3.42. The minimum atomic E-state index is 0.00471. The Bertz CT molecular complexity index is 543. The molecule has 1 aromatic carbocycles. The Morgan fingerprint density at radius 3 is 2.78 bits per heavy atom. The molecular formula is C14H14BrNO2. The van der Waals surface area contributed by atoms with E-state index in [2.05, 4.69) is 20.9 Å². The summed E-state index contributed by atoms with van der Waals surface area (Å²) in [5.41, 5.74) is 2.70. The lowest BCUT2D eigenvalue weighted by Crippen LogP contribution is -2.00. The Morgan fingerprint density at radius 1 is 1.28 bits per heavy atom. The molecule has 3 nitrogen and oxygen atoms in total. The molecule has 0 atom stereocenters. The maximum atomic E-state index is 9.06. The first-order valence-electron chi connectivity index (χ1n) is 5.63. The fourth-order valence-corrected chi connectivity index (χ4v) is 2.05. The van der Waals surface area contributed by atoms with Crippen molar-refractivity contribution in [1.29, 1.82) is 0 Å². The fraction of sp³-hybridized carbons (Fsp3) is 0.214. The number of hydrogen-bond acceptors (Lipinski definition) is 3. The largest absolute Gasteiger partial charge is 0.473 e. The van der Waals surface area contributed by atoms with Gasteiger partial charge in [-0.25, -0.2) is 4.98 Å². The molecule has 0 aliphatic rings. The predicted octanol–water partition coefficient (Wildman–Crippen LogP) is 3.22. The van der Waals surface area contributed by atoms with Crippen LogP contribution in [0.15, 0.2) is 40.9 Å². The van der Waals surface area contributed by atoms with E-state index in [-0.39, 0.29) is 6.61 Å². The number of ether oxygens (including phenoxy) is 1. The van der Waals surface area contributed by atoms with Crippen molar-refractivity contribution in [3.63, 3.8) is 0 Å². The van der Waals surface area contributed by atoms with Crippen LogP contribution in [0.2, 0.25) is 0 Å². The van der Waals surface area contributed by atoms with E-state index in [0.29, 0.717) is 12.5 Å². The summed E-state index contributed by atoms with van der Waals surface area (Å²) in [7, 11) is 0. The molecular weight excluding hydrogens is 294 g/mol. The topological polar surface area (TPSA) is 42.4 Å². The first-order chi connectivity index (χ1) is 8.69. The maximum Gasteiger partial charge on any atom is 0.213 e. The molecule has 0 bridgehead atoms. The number of aliphatic hydroxyl groups is 1. The van der Waals surface area contributed by atoms with Crippen molar-refractivity contribution in [2.24, 2.45) is 0 Å². The number of aliphatic hydroxyl groups excluding tert-OH is 1. The Kier molecular flexibility index (Phi) is 4.33. The smallest absolute Gasteiger partial charge is 0.213 e. The van der Waals surface area contributed by atoms with Gasteiger partial charge >= 0.3 is 0 Å². The average Bonchev–Trinajstić information content (AvgIpc) is 2.37.